The summed E-state index contributed by atoms with van der Waals surface area (Å²) in [6.07, 6.45) is 0.0646. The van der Waals surface area contributed by atoms with Gasteiger partial charge in [0, 0.05) is 25.6 Å². The lowest BCUT2D eigenvalue weighted by Gasteiger charge is -2.24. The highest BCUT2D eigenvalue weighted by Crippen LogP contribution is 2.52. The molecule has 5 rings (SSSR count). The van der Waals surface area contributed by atoms with Gasteiger partial charge in [0.2, 0.25) is 5.91 Å². The Morgan fingerprint density at radius 3 is 2.15 bits per heavy atom. The number of carboxylic acid groups (broad SMARTS) is 1. The molecule has 0 spiro atoms. The van der Waals surface area contributed by atoms with E-state index in [2.05, 4.69) is 29.6 Å². The van der Waals surface area contributed by atoms with Crippen LogP contribution >= 0.6 is 0 Å². The number of likely N-dealkylation sites (tertiary alicyclic amines) is 1. The van der Waals surface area contributed by atoms with E-state index in [0.29, 0.717) is 19.5 Å². The van der Waals surface area contributed by atoms with Crippen LogP contribution in [0.15, 0.2) is 48.5 Å². The quantitative estimate of drug-likeness (QED) is 0.677. The summed E-state index contributed by atoms with van der Waals surface area (Å²) >= 11 is 0. The molecule has 2 N–H and O–H groups in total. The molecule has 3 aliphatic rings. The van der Waals surface area contributed by atoms with Crippen molar-refractivity contribution in [1.29, 1.82) is 0 Å². The van der Waals surface area contributed by atoms with Gasteiger partial charge in [0.05, 0.1) is 11.8 Å². The van der Waals surface area contributed by atoms with Crippen LogP contribution in [-0.2, 0) is 14.3 Å². The molecule has 2 aromatic rings. The first-order valence-electron chi connectivity index (χ1n) is 11.6. The van der Waals surface area contributed by atoms with Gasteiger partial charge < -0.3 is 20.1 Å². The van der Waals surface area contributed by atoms with Gasteiger partial charge in [-0.25, -0.2) is 4.79 Å². The van der Waals surface area contributed by atoms with Crippen LogP contribution in [0, 0.1) is 23.7 Å². The zero-order valence-corrected chi connectivity index (χ0v) is 18.6. The van der Waals surface area contributed by atoms with Crippen LogP contribution in [0.5, 0.6) is 0 Å². The van der Waals surface area contributed by atoms with Gasteiger partial charge in [-0.05, 0) is 40.5 Å². The van der Waals surface area contributed by atoms with E-state index in [-0.39, 0.29) is 48.6 Å². The van der Waals surface area contributed by atoms with Gasteiger partial charge in [0.25, 0.3) is 0 Å². The number of fused-ring (bicyclic) bond motifs is 4. The Bertz CT molecular complexity index is 1040. The Morgan fingerprint density at radius 2 is 1.61 bits per heavy atom. The smallest absolute Gasteiger partial charge is 0.407 e. The van der Waals surface area contributed by atoms with Crippen LogP contribution in [0.25, 0.3) is 11.1 Å². The van der Waals surface area contributed by atoms with E-state index >= 15 is 0 Å². The van der Waals surface area contributed by atoms with E-state index in [1.54, 1.807) is 4.90 Å². The minimum Gasteiger partial charge on any atom is -0.481 e. The van der Waals surface area contributed by atoms with E-state index in [1.165, 1.54) is 11.1 Å². The molecule has 0 radical (unpaired) electrons. The van der Waals surface area contributed by atoms with Crippen molar-refractivity contribution < 1.29 is 24.2 Å². The van der Waals surface area contributed by atoms with E-state index in [0.717, 1.165) is 11.1 Å². The van der Waals surface area contributed by atoms with Crippen molar-refractivity contribution in [1.82, 2.24) is 10.2 Å². The molecule has 1 saturated heterocycles. The molecule has 1 saturated carbocycles. The number of ether oxygens (including phenoxy) is 1. The molecule has 3 atom stereocenters. The van der Waals surface area contributed by atoms with E-state index in [4.69, 9.17) is 9.84 Å². The normalized spacial score (nSPS) is 23.3. The molecule has 33 heavy (non-hydrogen) atoms. The second kappa shape index (κ2) is 8.54. The monoisotopic (exact) mass is 448 g/mol. The molecule has 2 aliphatic carbocycles. The van der Waals surface area contributed by atoms with Crippen LogP contribution in [0.1, 0.15) is 30.4 Å². The molecule has 7 heteroatoms. The highest BCUT2D eigenvalue weighted by molar-refractivity contribution is 5.82. The van der Waals surface area contributed by atoms with Gasteiger partial charge in [-0.3, -0.25) is 9.59 Å². The molecule has 0 aromatic heterocycles. The van der Waals surface area contributed by atoms with Crippen molar-refractivity contribution >= 4 is 18.0 Å². The average Bonchev–Trinajstić information content (AvgIpc) is 3.18. The van der Waals surface area contributed by atoms with Crippen molar-refractivity contribution in [3.05, 3.63) is 59.7 Å². The van der Waals surface area contributed by atoms with Crippen LogP contribution < -0.4 is 5.32 Å². The van der Waals surface area contributed by atoms with Crippen molar-refractivity contribution in [2.75, 3.05) is 26.2 Å². The number of alkyl carbamates (subject to hydrolysis) is 1. The Balaban J connectivity index is 1.14. The third-order valence-electron chi connectivity index (χ3n) is 7.47. The van der Waals surface area contributed by atoms with E-state index in [9.17, 15) is 14.4 Å². The van der Waals surface area contributed by atoms with Gasteiger partial charge in [0.15, 0.2) is 0 Å². The summed E-state index contributed by atoms with van der Waals surface area (Å²) in [5.74, 6) is -1.27. The second-order valence-corrected chi connectivity index (χ2v) is 9.25. The summed E-state index contributed by atoms with van der Waals surface area (Å²) in [6.45, 7) is 3.36. The average molecular weight is 449 g/mol. The summed E-state index contributed by atoms with van der Waals surface area (Å²) in [5.41, 5.74) is 4.65. The Morgan fingerprint density at radius 1 is 1.03 bits per heavy atom. The predicted octanol–water partition coefficient (Wildman–Crippen LogP) is 3.34. The summed E-state index contributed by atoms with van der Waals surface area (Å²) in [5, 5.41) is 11.9. The summed E-state index contributed by atoms with van der Waals surface area (Å²) < 4.78 is 5.56. The van der Waals surface area contributed by atoms with Crippen molar-refractivity contribution in [2.45, 2.75) is 19.3 Å². The standard InChI is InChI=1S/C26H28N2O5/c1-2-15(24(29)28-12-20-21(13-28)23(20)25(30)31)11-27-26(32)33-14-22-18-9-5-3-7-16(18)17-8-4-6-10-19(17)22/h3-10,15,20-23H,2,11-14H2,1H3,(H,27,32)(H,30,31). The first kappa shape index (κ1) is 21.5. The zero-order valence-electron chi connectivity index (χ0n) is 18.6. The number of hydrogen-bond donors (Lipinski definition) is 2. The van der Waals surface area contributed by atoms with Crippen LogP contribution in [0.3, 0.4) is 0 Å². The minimum atomic E-state index is -0.763. The molecule has 1 heterocycles. The molecule has 7 nitrogen and oxygen atoms in total. The number of carboxylic acids is 1. The van der Waals surface area contributed by atoms with Gasteiger partial charge in [-0.1, -0.05) is 55.5 Å². The van der Waals surface area contributed by atoms with E-state index < -0.39 is 12.1 Å². The lowest BCUT2D eigenvalue weighted by molar-refractivity contribution is -0.141. The third-order valence-corrected chi connectivity index (χ3v) is 7.47. The molecule has 2 fully saturated rings. The SMILES string of the molecule is CCC(CNC(=O)OCC1c2ccccc2-c2ccccc21)C(=O)N1CC2C(C1)C2C(=O)O. The van der Waals surface area contributed by atoms with E-state index in [1.807, 2.05) is 31.2 Å². The Labute approximate surface area is 192 Å². The highest BCUT2D eigenvalue weighted by atomic mass is 16.5. The summed E-state index contributed by atoms with van der Waals surface area (Å²) in [6, 6.07) is 16.3. The van der Waals surface area contributed by atoms with Crippen molar-refractivity contribution in [3.63, 3.8) is 0 Å². The predicted molar refractivity (Wildman–Crippen MR) is 122 cm³/mol. The summed E-state index contributed by atoms with van der Waals surface area (Å²) in [4.78, 5) is 38.2. The number of aliphatic carboxylic acids is 1. The fourth-order valence-electron chi connectivity index (χ4n) is 5.59. The number of benzene rings is 2. The van der Waals surface area contributed by atoms with Gasteiger partial charge in [-0.15, -0.1) is 0 Å². The third kappa shape index (κ3) is 3.86. The zero-order chi connectivity index (χ0) is 23.1. The number of rotatable bonds is 7. The maximum atomic E-state index is 12.9. The second-order valence-electron chi connectivity index (χ2n) is 9.25. The molecule has 3 unspecified atom stereocenters. The maximum absolute atomic E-state index is 12.9. The molecular weight excluding hydrogens is 420 g/mol. The van der Waals surface area contributed by atoms with Crippen molar-refractivity contribution in [3.8, 4) is 11.1 Å². The Hall–Kier alpha value is -3.35. The highest BCUT2D eigenvalue weighted by Gasteiger charge is 2.60. The number of hydrogen-bond acceptors (Lipinski definition) is 4. The van der Waals surface area contributed by atoms with Crippen LogP contribution in [-0.4, -0.2) is 54.2 Å². The molecule has 172 valence electrons. The molecule has 2 aromatic carbocycles. The number of carbonyl (C=O) groups is 3. The fraction of sp³-hybridized carbons (Fsp3) is 0.423. The first-order chi connectivity index (χ1) is 16.0. The lowest BCUT2D eigenvalue weighted by atomic mass is 9.98. The minimum absolute atomic E-state index is 0.00902. The van der Waals surface area contributed by atoms with Crippen LogP contribution in [0.4, 0.5) is 4.79 Å². The van der Waals surface area contributed by atoms with Crippen LogP contribution in [0.2, 0.25) is 0 Å². The topological polar surface area (TPSA) is 95.9 Å². The number of carbonyl (C=O) groups excluding carboxylic acids is 2. The molecule has 2 amide bonds. The Kier molecular flexibility index (Phi) is 5.56. The maximum Gasteiger partial charge on any atom is 0.407 e. The van der Waals surface area contributed by atoms with Crippen molar-refractivity contribution in [2.24, 2.45) is 23.7 Å². The molecule has 1 aliphatic heterocycles. The summed E-state index contributed by atoms with van der Waals surface area (Å²) in [7, 11) is 0. The van der Waals surface area contributed by atoms with Gasteiger partial charge in [-0.2, -0.15) is 0 Å². The van der Waals surface area contributed by atoms with Gasteiger partial charge >= 0.3 is 12.1 Å². The number of nitrogens with one attached hydrogen (secondary N) is 1. The largest absolute Gasteiger partial charge is 0.481 e. The fourth-order valence-corrected chi connectivity index (χ4v) is 5.59. The first-order valence-corrected chi connectivity index (χ1v) is 11.6. The number of piperidine rings is 1. The number of nitrogens with zero attached hydrogens (tertiary/aromatic N) is 1. The molecular formula is C26H28N2O5. The van der Waals surface area contributed by atoms with Gasteiger partial charge in [0.1, 0.15) is 6.61 Å². The number of amides is 2. The molecule has 0 bridgehead atoms. The lowest BCUT2D eigenvalue weighted by Crippen LogP contribution is -2.42.